The van der Waals surface area contributed by atoms with Crippen molar-refractivity contribution < 1.29 is 13.3 Å². The lowest BCUT2D eigenvalue weighted by molar-refractivity contribution is -0.387. The zero-order chi connectivity index (χ0) is 14.6. The molecule has 0 spiro atoms. The Labute approximate surface area is 111 Å². The Morgan fingerprint density at radius 2 is 2.05 bits per heavy atom. The van der Waals surface area contributed by atoms with Gasteiger partial charge in [0, 0.05) is 19.2 Å². The monoisotopic (exact) mass is 283 g/mol. The normalized spacial score (nSPS) is 12.9. The summed E-state index contributed by atoms with van der Waals surface area (Å²) in [6.07, 6.45) is 0.0103. The Bertz CT molecular complexity index is 621. The topological polar surface area (TPSA) is 104 Å². The molecule has 0 aromatic heterocycles. The average Bonchev–Trinajstić information content (AvgIpc) is 2.38. The van der Waals surface area contributed by atoms with Gasteiger partial charge in [-0.2, -0.15) is 9.57 Å². The molecule has 1 rings (SSSR count). The second-order valence-electron chi connectivity index (χ2n) is 3.96. The number of hydrogen-bond acceptors (Lipinski definition) is 5. The number of rotatable bonds is 5. The van der Waals surface area contributed by atoms with Crippen LogP contribution in [0, 0.1) is 21.4 Å². The predicted molar refractivity (Wildman–Crippen MR) is 67.7 cm³/mol. The van der Waals surface area contributed by atoms with Gasteiger partial charge < -0.3 is 0 Å². The van der Waals surface area contributed by atoms with Gasteiger partial charge in [0.15, 0.2) is 4.90 Å². The standard InChI is InChI=1S/C11H13N3O4S/c1-9(7-8-12)13(2)19(17,18)11-6-4-3-5-10(11)14(15)16/h3-6,9H,7H2,1-2H3. The molecule has 102 valence electrons. The van der Waals surface area contributed by atoms with Crippen LogP contribution in [-0.2, 0) is 10.0 Å². The number of nitriles is 1. The maximum atomic E-state index is 12.3. The lowest BCUT2D eigenvalue weighted by atomic mass is 10.3. The van der Waals surface area contributed by atoms with E-state index in [2.05, 4.69) is 0 Å². The van der Waals surface area contributed by atoms with E-state index in [0.29, 0.717) is 0 Å². The van der Waals surface area contributed by atoms with E-state index in [9.17, 15) is 18.5 Å². The molecule has 1 unspecified atom stereocenters. The van der Waals surface area contributed by atoms with Gasteiger partial charge in [0.1, 0.15) is 0 Å². The van der Waals surface area contributed by atoms with Gasteiger partial charge in [-0.15, -0.1) is 0 Å². The number of benzene rings is 1. The van der Waals surface area contributed by atoms with Crippen LogP contribution in [0.1, 0.15) is 13.3 Å². The first kappa shape index (κ1) is 15.1. The number of para-hydroxylation sites is 1. The molecule has 1 aromatic rings. The van der Waals surface area contributed by atoms with Gasteiger partial charge in [-0.1, -0.05) is 12.1 Å². The third kappa shape index (κ3) is 3.07. The summed E-state index contributed by atoms with van der Waals surface area (Å²) in [6, 6.07) is 6.45. The molecule has 0 fully saturated rings. The van der Waals surface area contributed by atoms with Gasteiger partial charge in [0.2, 0.25) is 10.0 Å². The minimum Gasteiger partial charge on any atom is -0.258 e. The maximum absolute atomic E-state index is 12.3. The Hall–Kier alpha value is -1.98. The molecule has 0 N–H and O–H groups in total. The van der Waals surface area contributed by atoms with Crippen molar-refractivity contribution >= 4 is 15.7 Å². The van der Waals surface area contributed by atoms with E-state index in [-0.39, 0.29) is 11.3 Å². The van der Waals surface area contributed by atoms with Crippen LogP contribution in [0.15, 0.2) is 29.2 Å². The molecule has 0 amide bonds. The van der Waals surface area contributed by atoms with Crippen molar-refractivity contribution in [3.05, 3.63) is 34.4 Å². The Morgan fingerprint density at radius 1 is 1.47 bits per heavy atom. The number of sulfonamides is 1. The molecule has 1 aromatic carbocycles. The van der Waals surface area contributed by atoms with Crippen LogP contribution in [-0.4, -0.2) is 30.7 Å². The van der Waals surface area contributed by atoms with Crippen molar-refractivity contribution in [3.63, 3.8) is 0 Å². The summed E-state index contributed by atoms with van der Waals surface area (Å²) in [5.41, 5.74) is -0.474. The van der Waals surface area contributed by atoms with Gasteiger partial charge in [0.05, 0.1) is 17.4 Å². The van der Waals surface area contributed by atoms with Crippen molar-refractivity contribution in [1.29, 1.82) is 5.26 Å². The molecule has 0 saturated heterocycles. The fourth-order valence-electron chi connectivity index (χ4n) is 1.48. The highest BCUT2D eigenvalue weighted by Gasteiger charge is 2.31. The smallest absolute Gasteiger partial charge is 0.258 e. The summed E-state index contributed by atoms with van der Waals surface area (Å²) in [7, 11) is -2.70. The van der Waals surface area contributed by atoms with Gasteiger partial charge in [-0.25, -0.2) is 8.42 Å². The molecule has 0 heterocycles. The van der Waals surface area contributed by atoms with E-state index >= 15 is 0 Å². The second-order valence-corrected chi connectivity index (χ2v) is 5.92. The van der Waals surface area contributed by atoms with Crippen molar-refractivity contribution in [3.8, 4) is 6.07 Å². The molecular formula is C11H13N3O4S. The van der Waals surface area contributed by atoms with Crippen LogP contribution in [0.4, 0.5) is 5.69 Å². The van der Waals surface area contributed by atoms with Crippen LogP contribution in [0.3, 0.4) is 0 Å². The fraction of sp³-hybridized carbons (Fsp3) is 0.364. The van der Waals surface area contributed by atoms with Crippen molar-refractivity contribution in [2.45, 2.75) is 24.3 Å². The summed E-state index contributed by atoms with van der Waals surface area (Å²) >= 11 is 0. The first-order valence-electron chi connectivity index (χ1n) is 5.40. The Morgan fingerprint density at radius 3 is 2.58 bits per heavy atom. The average molecular weight is 283 g/mol. The lowest BCUT2D eigenvalue weighted by Crippen LogP contribution is -2.35. The van der Waals surface area contributed by atoms with E-state index < -0.39 is 26.7 Å². The highest BCUT2D eigenvalue weighted by atomic mass is 32.2. The largest absolute Gasteiger partial charge is 0.289 e. The second kappa shape index (κ2) is 5.77. The number of nitro groups is 1. The first-order chi connectivity index (χ1) is 8.82. The van der Waals surface area contributed by atoms with Crippen molar-refractivity contribution in [2.24, 2.45) is 0 Å². The molecule has 0 saturated carbocycles. The van der Waals surface area contributed by atoms with Gasteiger partial charge >= 0.3 is 0 Å². The highest BCUT2D eigenvalue weighted by Crippen LogP contribution is 2.26. The molecular weight excluding hydrogens is 270 g/mol. The molecule has 0 aliphatic heterocycles. The van der Waals surface area contributed by atoms with Gasteiger partial charge in [0.25, 0.3) is 5.69 Å². The van der Waals surface area contributed by atoms with Gasteiger partial charge in [-0.05, 0) is 13.0 Å². The molecule has 19 heavy (non-hydrogen) atoms. The lowest BCUT2D eigenvalue weighted by Gasteiger charge is -2.22. The van der Waals surface area contributed by atoms with Crippen LogP contribution < -0.4 is 0 Å². The molecule has 0 radical (unpaired) electrons. The fourth-order valence-corrected chi connectivity index (χ4v) is 2.99. The van der Waals surface area contributed by atoms with Crippen molar-refractivity contribution in [2.75, 3.05) is 7.05 Å². The predicted octanol–water partition coefficient (Wildman–Crippen LogP) is 1.52. The van der Waals surface area contributed by atoms with Crippen molar-refractivity contribution in [1.82, 2.24) is 4.31 Å². The summed E-state index contributed by atoms with van der Waals surface area (Å²) in [6.45, 7) is 1.57. The van der Waals surface area contributed by atoms with Crippen LogP contribution in [0.5, 0.6) is 0 Å². The zero-order valence-corrected chi connectivity index (χ0v) is 11.3. The molecule has 0 bridgehead atoms. The Kier molecular flexibility index (Phi) is 4.58. The molecule has 1 atom stereocenters. The third-order valence-corrected chi connectivity index (χ3v) is 4.75. The summed E-state index contributed by atoms with van der Waals surface area (Å²) in [5.74, 6) is 0. The highest BCUT2D eigenvalue weighted by molar-refractivity contribution is 7.89. The van der Waals surface area contributed by atoms with E-state index in [0.717, 1.165) is 10.4 Å². The first-order valence-corrected chi connectivity index (χ1v) is 6.84. The van der Waals surface area contributed by atoms with E-state index in [4.69, 9.17) is 5.26 Å². The maximum Gasteiger partial charge on any atom is 0.289 e. The summed E-state index contributed by atoms with van der Waals surface area (Å²) in [4.78, 5) is 9.75. The number of hydrogen-bond donors (Lipinski definition) is 0. The quantitative estimate of drug-likeness (QED) is 0.601. The minimum absolute atomic E-state index is 0.0103. The molecule has 7 nitrogen and oxygen atoms in total. The Balaban J connectivity index is 3.29. The van der Waals surface area contributed by atoms with Crippen LogP contribution in [0.25, 0.3) is 0 Å². The molecule has 8 heteroatoms. The minimum atomic E-state index is -4.00. The SMILES string of the molecule is CC(CC#N)N(C)S(=O)(=O)c1ccccc1[N+](=O)[O-]. The number of nitro benzene ring substituents is 1. The van der Waals surface area contributed by atoms with E-state index in [1.54, 1.807) is 6.92 Å². The molecule has 0 aliphatic carbocycles. The van der Waals surface area contributed by atoms with Gasteiger partial charge in [-0.3, -0.25) is 10.1 Å². The summed E-state index contributed by atoms with van der Waals surface area (Å²) in [5, 5.41) is 19.4. The van der Waals surface area contributed by atoms with E-state index in [1.807, 2.05) is 6.07 Å². The van der Waals surface area contributed by atoms with Crippen LogP contribution >= 0.6 is 0 Å². The number of nitrogens with zero attached hydrogens (tertiary/aromatic N) is 3. The zero-order valence-electron chi connectivity index (χ0n) is 10.5. The van der Waals surface area contributed by atoms with E-state index in [1.165, 1.54) is 25.2 Å². The third-order valence-electron chi connectivity index (χ3n) is 2.73. The van der Waals surface area contributed by atoms with Crippen LogP contribution in [0.2, 0.25) is 0 Å². The summed E-state index contributed by atoms with van der Waals surface area (Å²) < 4.78 is 25.5. The molecule has 0 aliphatic rings.